The number of aromatic nitrogens is 2. The van der Waals surface area contributed by atoms with Crippen molar-refractivity contribution in [3.63, 3.8) is 0 Å². The fourth-order valence-corrected chi connectivity index (χ4v) is 2.41. The number of anilines is 1. The maximum Gasteiger partial charge on any atom is 0.321 e. The molecular weight excluding hydrogens is 292 g/mol. The number of carbonyl (C=O) groups is 1. The van der Waals surface area contributed by atoms with E-state index in [2.05, 4.69) is 36.5 Å². The molecule has 0 aromatic carbocycles. The summed E-state index contributed by atoms with van der Waals surface area (Å²) in [7, 11) is 0. The molecule has 2 rings (SSSR count). The molecule has 0 spiro atoms. The average Bonchev–Trinajstić information content (AvgIpc) is 2.59. The molecule has 0 aliphatic carbocycles. The largest absolute Gasteiger partial charge is 0.338 e. The molecule has 0 bridgehead atoms. The smallest absolute Gasteiger partial charge is 0.321 e. The Morgan fingerprint density at radius 3 is 3.06 bits per heavy atom. The van der Waals surface area contributed by atoms with Gasteiger partial charge in [-0.15, -0.1) is 0 Å². The van der Waals surface area contributed by atoms with E-state index in [-0.39, 0.29) is 6.03 Å². The Labute approximate surface area is 104 Å². The lowest BCUT2D eigenvalue weighted by molar-refractivity contribution is 0.252. The van der Waals surface area contributed by atoms with Crippen molar-refractivity contribution in [3.05, 3.63) is 16.7 Å². The van der Waals surface area contributed by atoms with Crippen LogP contribution in [0.25, 0.3) is 10.3 Å². The fraction of sp³-hybridized carbons (Fsp3) is 0.222. The highest BCUT2D eigenvalue weighted by Crippen LogP contribution is 2.25. The van der Waals surface area contributed by atoms with Crippen molar-refractivity contribution < 1.29 is 4.79 Å². The molecule has 2 N–H and O–H groups in total. The Balaban J connectivity index is 2.23. The Bertz CT molecular complexity index is 527. The SMILES string of the molecule is CCNC(=O)Nc1nc2ccc(Br)nc2s1. The quantitative estimate of drug-likeness (QED) is 0.838. The summed E-state index contributed by atoms with van der Waals surface area (Å²) in [5, 5.41) is 5.84. The summed E-state index contributed by atoms with van der Waals surface area (Å²) >= 11 is 4.63. The summed E-state index contributed by atoms with van der Waals surface area (Å²) in [5.74, 6) is 0. The Morgan fingerprint density at radius 2 is 2.31 bits per heavy atom. The molecule has 2 aromatic rings. The lowest BCUT2D eigenvalue weighted by Crippen LogP contribution is -2.28. The van der Waals surface area contributed by atoms with Gasteiger partial charge in [-0.1, -0.05) is 11.3 Å². The minimum atomic E-state index is -0.249. The highest BCUT2D eigenvalue weighted by Gasteiger charge is 2.07. The lowest BCUT2D eigenvalue weighted by atomic mass is 10.5. The number of thiazole rings is 1. The second kappa shape index (κ2) is 4.75. The first-order valence-corrected chi connectivity index (χ1v) is 6.28. The van der Waals surface area contributed by atoms with Gasteiger partial charge in [0.1, 0.15) is 15.0 Å². The number of rotatable bonds is 2. The molecule has 0 aliphatic heterocycles. The number of nitrogens with one attached hydrogen (secondary N) is 2. The topological polar surface area (TPSA) is 66.9 Å². The van der Waals surface area contributed by atoms with E-state index in [1.54, 1.807) is 0 Å². The average molecular weight is 301 g/mol. The van der Waals surface area contributed by atoms with Gasteiger partial charge in [0.25, 0.3) is 0 Å². The first kappa shape index (κ1) is 11.3. The third-order valence-electron chi connectivity index (χ3n) is 1.78. The number of carbonyl (C=O) groups excluding carboxylic acids is 1. The van der Waals surface area contributed by atoms with E-state index in [1.165, 1.54) is 11.3 Å². The van der Waals surface area contributed by atoms with Gasteiger partial charge >= 0.3 is 6.03 Å². The summed E-state index contributed by atoms with van der Waals surface area (Å²) in [5.41, 5.74) is 0.778. The van der Waals surface area contributed by atoms with Crippen molar-refractivity contribution in [1.29, 1.82) is 0 Å². The molecule has 2 aromatic heterocycles. The van der Waals surface area contributed by atoms with Crippen LogP contribution in [0.2, 0.25) is 0 Å². The predicted octanol–water partition coefficient (Wildman–Crippen LogP) is 2.60. The molecule has 0 atom stereocenters. The summed E-state index contributed by atoms with van der Waals surface area (Å²) < 4.78 is 0.758. The van der Waals surface area contributed by atoms with Crippen molar-refractivity contribution in [2.45, 2.75) is 6.92 Å². The van der Waals surface area contributed by atoms with Crippen LogP contribution >= 0.6 is 27.3 Å². The van der Waals surface area contributed by atoms with E-state index in [0.29, 0.717) is 11.7 Å². The van der Waals surface area contributed by atoms with Crippen molar-refractivity contribution >= 4 is 48.8 Å². The van der Waals surface area contributed by atoms with Crippen LogP contribution in [-0.2, 0) is 0 Å². The van der Waals surface area contributed by atoms with Gasteiger partial charge in [0.15, 0.2) is 5.13 Å². The molecule has 0 unspecified atom stereocenters. The third kappa shape index (κ3) is 2.48. The zero-order valence-corrected chi connectivity index (χ0v) is 10.9. The lowest BCUT2D eigenvalue weighted by Gasteiger charge is -2.00. The highest BCUT2D eigenvalue weighted by atomic mass is 79.9. The second-order valence-electron chi connectivity index (χ2n) is 2.96. The van der Waals surface area contributed by atoms with Gasteiger partial charge in [-0.3, -0.25) is 5.32 Å². The molecule has 5 nitrogen and oxygen atoms in total. The maximum absolute atomic E-state index is 11.3. The molecular formula is C9H9BrN4OS. The summed E-state index contributed by atoms with van der Waals surface area (Å²) in [6.45, 7) is 2.44. The summed E-state index contributed by atoms with van der Waals surface area (Å²) in [6.07, 6.45) is 0. The minimum Gasteiger partial charge on any atom is -0.338 e. The second-order valence-corrected chi connectivity index (χ2v) is 4.75. The number of hydrogen-bond acceptors (Lipinski definition) is 4. The summed E-state index contributed by atoms with van der Waals surface area (Å²) in [4.78, 5) is 20.6. The fourth-order valence-electron chi connectivity index (χ4n) is 1.15. The number of pyridine rings is 1. The number of nitrogens with zero attached hydrogens (tertiary/aromatic N) is 2. The molecule has 0 fully saturated rings. The zero-order valence-electron chi connectivity index (χ0n) is 8.45. The number of urea groups is 1. The van der Waals surface area contributed by atoms with Gasteiger partial charge in [0.2, 0.25) is 0 Å². The van der Waals surface area contributed by atoms with Gasteiger partial charge in [-0.25, -0.2) is 14.8 Å². The van der Waals surface area contributed by atoms with Crippen LogP contribution in [0.15, 0.2) is 16.7 Å². The van der Waals surface area contributed by atoms with Crippen molar-refractivity contribution in [3.8, 4) is 0 Å². The first-order valence-electron chi connectivity index (χ1n) is 4.67. The predicted molar refractivity (Wildman–Crippen MR) is 67.8 cm³/mol. The van der Waals surface area contributed by atoms with Gasteiger partial charge in [-0.2, -0.15) is 0 Å². The molecule has 0 radical (unpaired) electrons. The van der Waals surface area contributed by atoms with E-state index >= 15 is 0 Å². The molecule has 0 saturated carbocycles. The molecule has 7 heteroatoms. The van der Waals surface area contributed by atoms with Gasteiger partial charge in [0.05, 0.1) is 0 Å². The van der Waals surface area contributed by atoms with Crippen LogP contribution in [-0.4, -0.2) is 22.5 Å². The van der Waals surface area contributed by atoms with Gasteiger partial charge in [-0.05, 0) is 35.0 Å². The Morgan fingerprint density at radius 1 is 1.50 bits per heavy atom. The molecule has 2 amide bonds. The standard InChI is InChI=1S/C9H9BrN4OS/c1-2-11-8(15)14-9-12-5-3-4-6(10)13-7(5)16-9/h3-4H,2H2,1H3,(H2,11,12,14,15). The Hall–Kier alpha value is -1.21. The molecule has 84 valence electrons. The Kier molecular flexibility index (Phi) is 3.35. The van der Waals surface area contributed by atoms with Crippen LogP contribution in [0.3, 0.4) is 0 Å². The first-order chi connectivity index (χ1) is 7.69. The minimum absolute atomic E-state index is 0.249. The van der Waals surface area contributed by atoms with Crippen LogP contribution < -0.4 is 10.6 Å². The van der Waals surface area contributed by atoms with Crippen LogP contribution in [0.4, 0.5) is 9.93 Å². The molecule has 2 heterocycles. The van der Waals surface area contributed by atoms with E-state index in [0.717, 1.165) is 15.0 Å². The van der Waals surface area contributed by atoms with E-state index in [4.69, 9.17) is 0 Å². The summed E-state index contributed by atoms with van der Waals surface area (Å²) in [6, 6.07) is 3.42. The normalized spacial score (nSPS) is 10.4. The molecule has 0 saturated heterocycles. The van der Waals surface area contributed by atoms with Gasteiger partial charge in [0, 0.05) is 6.54 Å². The monoisotopic (exact) mass is 300 g/mol. The van der Waals surface area contributed by atoms with Crippen LogP contribution in [0.5, 0.6) is 0 Å². The van der Waals surface area contributed by atoms with Crippen LogP contribution in [0.1, 0.15) is 6.92 Å². The number of fused-ring (bicyclic) bond motifs is 1. The highest BCUT2D eigenvalue weighted by molar-refractivity contribution is 9.10. The molecule has 16 heavy (non-hydrogen) atoms. The van der Waals surface area contributed by atoms with Crippen molar-refractivity contribution in [2.24, 2.45) is 0 Å². The third-order valence-corrected chi connectivity index (χ3v) is 3.10. The van der Waals surface area contributed by atoms with Gasteiger partial charge < -0.3 is 5.32 Å². The maximum atomic E-state index is 11.3. The zero-order chi connectivity index (χ0) is 11.5. The number of halogens is 1. The van der Waals surface area contributed by atoms with Crippen LogP contribution in [0, 0.1) is 0 Å². The van der Waals surface area contributed by atoms with E-state index in [9.17, 15) is 4.79 Å². The molecule has 0 aliphatic rings. The van der Waals surface area contributed by atoms with Crippen molar-refractivity contribution in [2.75, 3.05) is 11.9 Å². The number of hydrogen-bond donors (Lipinski definition) is 2. The van der Waals surface area contributed by atoms with E-state index in [1.807, 2.05) is 19.1 Å². The van der Waals surface area contributed by atoms with Crippen molar-refractivity contribution in [1.82, 2.24) is 15.3 Å². The number of amides is 2. The van der Waals surface area contributed by atoms with E-state index < -0.39 is 0 Å².